The Kier molecular flexibility index (Phi) is 12.2. The molecule has 16 nitrogen and oxygen atoms in total. The van der Waals surface area contributed by atoms with Crippen LogP contribution >= 0.6 is 0 Å². The lowest BCUT2D eigenvalue weighted by Gasteiger charge is -2.43. The van der Waals surface area contributed by atoms with E-state index in [1.165, 1.54) is 0 Å². The zero-order valence-electron chi connectivity index (χ0n) is 20.7. The monoisotopic (exact) mass is 535 g/mol. The molecule has 37 heavy (non-hydrogen) atoms. The van der Waals surface area contributed by atoms with Crippen LogP contribution in [0.15, 0.2) is 0 Å². The first-order chi connectivity index (χ1) is 17.2. The van der Waals surface area contributed by atoms with Gasteiger partial charge in [0.1, 0.15) is 18.8 Å². The molecule has 1 aliphatic heterocycles. The van der Waals surface area contributed by atoms with Crippen LogP contribution < -0.4 is 5.32 Å². The van der Waals surface area contributed by atoms with Crippen LogP contribution in [0.2, 0.25) is 0 Å². The number of methoxy groups -OCH3 is 1. The van der Waals surface area contributed by atoms with Crippen molar-refractivity contribution in [2.24, 2.45) is 0 Å². The fraction of sp³-hybridized carbons (Fsp3) is 0.667. The van der Waals surface area contributed by atoms with Gasteiger partial charge >= 0.3 is 41.9 Å². The molecule has 0 aromatic carbocycles. The van der Waals surface area contributed by atoms with Crippen LogP contribution in [-0.4, -0.2) is 97.5 Å². The average Bonchev–Trinajstić information content (AvgIpc) is 2.77. The molecule has 1 fully saturated rings. The fourth-order valence-electron chi connectivity index (χ4n) is 3.22. The number of alkyl carbamates (subject to hydrolysis) is 1. The number of ether oxygens (including phenoxy) is 7. The summed E-state index contributed by atoms with van der Waals surface area (Å²) in [5, 5.41) is 11.0. The standard InChI is InChI=1S/C21H29NO15/c1-9(23)32-8-14-16(33-10(2)24)17(34-11(3)25)18(35-12(4)26)20(36-14)37-21(30)22-13(19(29)31-5)6-7-15(27)28/h13-14,16-18,20H,6-8H2,1-5H3,(H,22,30)(H,27,28)/t13-,14+,16+,17-,18+,20?/m0/s1. The van der Waals surface area contributed by atoms with Crippen molar-refractivity contribution in [2.75, 3.05) is 13.7 Å². The van der Waals surface area contributed by atoms with Gasteiger partial charge in [0.05, 0.1) is 7.11 Å². The van der Waals surface area contributed by atoms with Gasteiger partial charge in [0.15, 0.2) is 12.2 Å². The predicted octanol–water partition coefficient (Wildman–Crippen LogP) is -0.798. The smallest absolute Gasteiger partial charge is 0.410 e. The molecule has 0 bridgehead atoms. The first-order valence-electron chi connectivity index (χ1n) is 10.8. The average molecular weight is 535 g/mol. The third kappa shape index (κ3) is 10.7. The van der Waals surface area contributed by atoms with Gasteiger partial charge in [-0.2, -0.15) is 0 Å². The Morgan fingerprint density at radius 3 is 1.84 bits per heavy atom. The number of rotatable bonds is 11. The van der Waals surface area contributed by atoms with Gasteiger partial charge in [-0.25, -0.2) is 9.59 Å². The van der Waals surface area contributed by atoms with Crippen LogP contribution in [0.3, 0.4) is 0 Å². The van der Waals surface area contributed by atoms with E-state index in [1.807, 2.05) is 0 Å². The third-order valence-electron chi connectivity index (χ3n) is 4.60. The molecule has 0 radical (unpaired) electrons. The zero-order chi connectivity index (χ0) is 28.3. The van der Waals surface area contributed by atoms with Crippen LogP contribution in [0.1, 0.15) is 40.5 Å². The number of carbonyl (C=O) groups excluding carboxylic acids is 6. The predicted molar refractivity (Wildman–Crippen MR) is 114 cm³/mol. The molecule has 0 aromatic rings. The van der Waals surface area contributed by atoms with E-state index in [-0.39, 0.29) is 6.42 Å². The molecule has 1 unspecified atom stereocenters. The summed E-state index contributed by atoms with van der Waals surface area (Å²) >= 11 is 0. The van der Waals surface area contributed by atoms with Gasteiger partial charge in [0.25, 0.3) is 0 Å². The van der Waals surface area contributed by atoms with Gasteiger partial charge in [-0.3, -0.25) is 24.0 Å². The molecule has 208 valence electrons. The molecule has 1 amide bonds. The number of carbonyl (C=O) groups is 7. The number of nitrogens with one attached hydrogen (secondary N) is 1. The van der Waals surface area contributed by atoms with Crippen LogP contribution in [0.25, 0.3) is 0 Å². The minimum absolute atomic E-state index is 0.352. The molecule has 0 aliphatic carbocycles. The summed E-state index contributed by atoms with van der Waals surface area (Å²) in [7, 11) is 1.02. The van der Waals surface area contributed by atoms with Crippen molar-refractivity contribution in [1.29, 1.82) is 0 Å². The topological polar surface area (TPSA) is 216 Å². The van der Waals surface area contributed by atoms with Crippen molar-refractivity contribution in [3.63, 3.8) is 0 Å². The number of esters is 5. The molecular formula is C21H29NO15. The molecule has 1 heterocycles. The molecule has 6 atom stereocenters. The van der Waals surface area contributed by atoms with Gasteiger partial charge in [0.2, 0.25) is 12.4 Å². The molecule has 1 aliphatic rings. The largest absolute Gasteiger partial charge is 0.481 e. The molecule has 1 rings (SSSR count). The third-order valence-corrected chi connectivity index (χ3v) is 4.60. The van der Waals surface area contributed by atoms with Crippen LogP contribution in [-0.2, 0) is 61.9 Å². The van der Waals surface area contributed by atoms with E-state index in [0.717, 1.165) is 34.8 Å². The van der Waals surface area contributed by atoms with E-state index < -0.39 is 91.7 Å². The Balaban J connectivity index is 3.30. The minimum Gasteiger partial charge on any atom is -0.481 e. The Morgan fingerprint density at radius 2 is 1.35 bits per heavy atom. The number of hydrogen-bond acceptors (Lipinski definition) is 14. The maximum absolute atomic E-state index is 12.6. The van der Waals surface area contributed by atoms with Crippen LogP contribution in [0.4, 0.5) is 4.79 Å². The van der Waals surface area contributed by atoms with Gasteiger partial charge in [0, 0.05) is 34.1 Å². The quantitative estimate of drug-likeness (QED) is 0.244. The Morgan fingerprint density at radius 1 is 0.811 bits per heavy atom. The normalized spacial score (nSPS) is 23.4. The summed E-state index contributed by atoms with van der Waals surface area (Å²) in [5.74, 6) is -5.63. The first kappa shape index (κ1) is 31.1. The van der Waals surface area contributed by atoms with E-state index in [2.05, 4.69) is 10.1 Å². The number of carboxylic acid groups (broad SMARTS) is 1. The van der Waals surface area contributed by atoms with E-state index >= 15 is 0 Å². The molecule has 1 saturated heterocycles. The summed E-state index contributed by atoms with van der Waals surface area (Å²) in [5.41, 5.74) is 0. The van der Waals surface area contributed by atoms with Gasteiger partial charge in [-0.05, 0) is 6.42 Å². The van der Waals surface area contributed by atoms with Gasteiger partial charge in [-0.15, -0.1) is 0 Å². The second-order valence-corrected chi connectivity index (χ2v) is 7.63. The molecule has 0 saturated carbocycles. The highest BCUT2D eigenvalue weighted by Crippen LogP contribution is 2.30. The van der Waals surface area contributed by atoms with Gasteiger partial charge < -0.3 is 43.6 Å². The highest BCUT2D eigenvalue weighted by molar-refractivity contribution is 5.82. The van der Waals surface area contributed by atoms with Crippen LogP contribution in [0, 0.1) is 0 Å². The lowest BCUT2D eigenvalue weighted by atomic mass is 9.98. The highest BCUT2D eigenvalue weighted by Gasteiger charge is 2.54. The van der Waals surface area contributed by atoms with E-state index in [4.69, 9.17) is 33.5 Å². The van der Waals surface area contributed by atoms with Crippen molar-refractivity contribution in [1.82, 2.24) is 5.32 Å². The second-order valence-electron chi connectivity index (χ2n) is 7.63. The van der Waals surface area contributed by atoms with Crippen molar-refractivity contribution < 1.29 is 71.8 Å². The minimum atomic E-state index is -1.83. The molecule has 0 aromatic heterocycles. The summed E-state index contributed by atoms with van der Waals surface area (Å²) in [4.78, 5) is 82.1. The van der Waals surface area contributed by atoms with Crippen molar-refractivity contribution in [3.05, 3.63) is 0 Å². The summed E-state index contributed by atoms with van der Waals surface area (Å²) in [6.45, 7) is 3.57. The molecule has 2 N–H and O–H groups in total. The zero-order valence-corrected chi connectivity index (χ0v) is 20.7. The maximum atomic E-state index is 12.6. The molecular weight excluding hydrogens is 506 g/mol. The Labute approximate surface area is 210 Å². The Hall–Kier alpha value is -3.95. The van der Waals surface area contributed by atoms with Crippen LogP contribution in [0.5, 0.6) is 0 Å². The number of hydrogen-bond donors (Lipinski definition) is 2. The van der Waals surface area contributed by atoms with Crippen molar-refractivity contribution in [3.8, 4) is 0 Å². The number of amides is 1. The second kappa shape index (κ2) is 14.6. The van der Waals surface area contributed by atoms with E-state index in [0.29, 0.717) is 0 Å². The van der Waals surface area contributed by atoms with Crippen molar-refractivity contribution >= 4 is 41.9 Å². The number of carboxylic acids is 1. The number of aliphatic carboxylic acids is 1. The van der Waals surface area contributed by atoms with E-state index in [9.17, 15) is 33.6 Å². The first-order valence-corrected chi connectivity index (χ1v) is 10.8. The lowest BCUT2D eigenvalue weighted by Crippen LogP contribution is -2.63. The molecule has 16 heteroatoms. The fourth-order valence-corrected chi connectivity index (χ4v) is 3.22. The lowest BCUT2D eigenvalue weighted by molar-refractivity contribution is -0.294. The SMILES string of the molecule is COC(=O)[C@H](CCC(=O)O)NC(=O)OC1O[C@H](COC(C)=O)[C@@H](OC(C)=O)[C@H](OC(C)=O)[C@H]1OC(C)=O. The van der Waals surface area contributed by atoms with Gasteiger partial charge in [-0.1, -0.05) is 0 Å². The summed E-state index contributed by atoms with van der Waals surface area (Å²) in [6.07, 6.45) is -10.1. The molecule has 0 spiro atoms. The summed E-state index contributed by atoms with van der Waals surface area (Å²) < 4.78 is 35.7. The highest BCUT2D eigenvalue weighted by atomic mass is 16.8. The van der Waals surface area contributed by atoms with E-state index in [1.54, 1.807) is 0 Å². The Bertz CT molecular complexity index is 887. The summed E-state index contributed by atoms with van der Waals surface area (Å²) in [6, 6.07) is -1.43. The van der Waals surface area contributed by atoms with Crippen molar-refractivity contribution in [2.45, 2.75) is 77.3 Å². The maximum Gasteiger partial charge on any atom is 0.410 e.